The Hall–Kier alpha value is -3.14. The van der Waals surface area contributed by atoms with E-state index in [0.29, 0.717) is 35.2 Å². The second kappa shape index (κ2) is 9.14. The minimum absolute atomic E-state index is 0.0772. The van der Waals surface area contributed by atoms with Crippen LogP contribution in [0.25, 0.3) is 11.1 Å². The molecule has 3 aromatic rings. The highest BCUT2D eigenvalue weighted by molar-refractivity contribution is 7.91. The molecule has 4 rings (SSSR count). The number of halogens is 3. The van der Waals surface area contributed by atoms with Crippen molar-refractivity contribution in [2.45, 2.75) is 55.7 Å². The summed E-state index contributed by atoms with van der Waals surface area (Å²) < 4.78 is 63.5. The lowest BCUT2D eigenvalue weighted by Gasteiger charge is -2.23. The van der Waals surface area contributed by atoms with Gasteiger partial charge in [0.15, 0.2) is 9.84 Å². The molecule has 0 unspecified atom stereocenters. The van der Waals surface area contributed by atoms with Crippen LogP contribution in [0.5, 0.6) is 0 Å². The third-order valence-corrected chi connectivity index (χ3v) is 8.27. The SMILES string of the molecule is CC(C)(C(=O)Cc1ccc(-c2cncc(C(F)(F)F)c2)cc1)c1ccnc(CS(=O)(=O)C2CC2)n1. The first-order chi connectivity index (χ1) is 16.4. The summed E-state index contributed by atoms with van der Waals surface area (Å²) in [6.07, 6.45) is 0.516. The van der Waals surface area contributed by atoms with E-state index >= 15 is 0 Å². The topological polar surface area (TPSA) is 89.9 Å². The lowest BCUT2D eigenvalue weighted by molar-refractivity contribution is -0.137. The van der Waals surface area contributed by atoms with E-state index in [4.69, 9.17) is 0 Å². The zero-order chi connectivity index (χ0) is 25.4. The molecule has 0 amide bonds. The summed E-state index contributed by atoms with van der Waals surface area (Å²) in [7, 11) is -3.29. The fourth-order valence-corrected chi connectivity index (χ4v) is 5.25. The molecule has 1 fully saturated rings. The van der Waals surface area contributed by atoms with Crippen molar-refractivity contribution in [3.63, 3.8) is 0 Å². The number of aromatic nitrogens is 3. The number of sulfone groups is 1. The molecule has 0 atom stereocenters. The third kappa shape index (κ3) is 5.75. The molecule has 2 aromatic heterocycles. The van der Waals surface area contributed by atoms with Gasteiger partial charge in [-0.1, -0.05) is 24.3 Å². The fraction of sp³-hybridized carbons (Fsp3) is 0.360. The van der Waals surface area contributed by atoms with Gasteiger partial charge in [-0.2, -0.15) is 13.2 Å². The van der Waals surface area contributed by atoms with E-state index in [1.807, 2.05) is 0 Å². The third-order valence-electron chi connectivity index (χ3n) is 6.12. The Balaban J connectivity index is 1.48. The van der Waals surface area contributed by atoms with Crippen LogP contribution in [0.2, 0.25) is 0 Å². The largest absolute Gasteiger partial charge is 0.417 e. The van der Waals surface area contributed by atoms with E-state index in [0.717, 1.165) is 12.3 Å². The van der Waals surface area contributed by atoms with Gasteiger partial charge in [0, 0.05) is 30.6 Å². The molecule has 0 N–H and O–H groups in total. The number of alkyl halides is 3. The summed E-state index contributed by atoms with van der Waals surface area (Å²) in [6, 6.07) is 9.33. The first-order valence-corrected chi connectivity index (χ1v) is 12.8. The zero-order valence-corrected chi connectivity index (χ0v) is 20.0. The van der Waals surface area contributed by atoms with Crippen LogP contribution in [-0.4, -0.2) is 34.4 Å². The predicted octanol–water partition coefficient (Wildman–Crippen LogP) is 4.72. The van der Waals surface area contributed by atoms with E-state index in [2.05, 4.69) is 15.0 Å². The van der Waals surface area contributed by atoms with Crippen LogP contribution < -0.4 is 0 Å². The monoisotopic (exact) mass is 503 g/mol. The van der Waals surface area contributed by atoms with Gasteiger partial charge in [0.1, 0.15) is 17.4 Å². The van der Waals surface area contributed by atoms with Crippen LogP contribution in [0.15, 0.2) is 55.0 Å². The number of nitrogens with zero attached hydrogens (tertiary/aromatic N) is 3. The lowest BCUT2D eigenvalue weighted by Crippen LogP contribution is -2.32. The molecule has 10 heteroatoms. The highest BCUT2D eigenvalue weighted by Gasteiger charge is 2.37. The van der Waals surface area contributed by atoms with Crippen molar-refractivity contribution in [3.8, 4) is 11.1 Å². The summed E-state index contributed by atoms with van der Waals surface area (Å²) in [5.41, 5.74) is 0.182. The number of hydrogen-bond donors (Lipinski definition) is 0. The maximum atomic E-state index is 13.1. The molecule has 35 heavy (non-hydrogen) atoms. The van der Waals surface area contributed by atoms with Gasteiger partial charge in [-0.05, 0) is 49.9 Å². The van der Waals surface area contributed by atoms with Gasteiger partial charge in [-0.3, -0.25) is 9.78 Å². The Labute approximate surface area is 201 Å². The normalized spacial score (nSPS) is 14.7. The van der Waals surface area contributed by atoms with Gasteiger partial charge in [-0.15, -0.1) is 0 Å². The number of ketones is 1. The van der Waals surface area contributed by atoms with E-state index in [-0.39, 0.29) is 29.0 Å². The molecule has 0 saturated heterocycles. The molecular formula is C25H24F3N3O3S. The summed E-state index contributed by atoms with van der Waals surface area (Å²) in [6.45, 7) is 3.44. The summed E-state index contributed by atoms with van der Waals surface area (Å²) in [4.78, 5) is 25.3. The van der Waals surface area contributed by atoms with Crippen LogP contribution in [-0.2, 0) is 38.4 Å². The maximum Gasteiger partial charge on any atom is 0.417 e. The van der Waals surface area contributed by atoms with Crippen molar-refractivity contribution in [2.75, 3.05) is 0 Å². The molecule has 2 heterocycles. The Morgan fingerprint density at radius 3 is 2.34 bits per heavy atom. The number of Topliss-reactive ketones (excluding diaryl/α,β-unsaturated/α-hetero) is 1. The quantitative estimate of drug-likeness (QED) is 0.442. The molecule has 1 aromatic carbocycles. The number of hydrogen-bond acceptors (Lipinski definition) is 6. The minimum atomic E-state index is -4.48. The molecule has 0 aliphatic heterocycles. The molecule has 184 valence electrons. The van der Waals surface area contributed by atoms with Gasteiger partial charge in [0.25, 0.3) is 0 Å². The molecule has 0 bridgehead atoms. The van der Waals surface area contributed by atoms with Crippen LogP contribution in [0.4, 0.5) is 13.2 Å². The second-order valence-electron chi connectivity index (χ2n) is 9.25. The van der Waals surface area contributed by atoms with E-state index in [1.165, 1.54) is 12.4 Å². The molecule has 0 spiro atoms. The van der Waals surface area contributed by atoms with Crippen LogP contribution in [0.1, 0.15) is 49.3 Å². The Bertz CT molecular complexity index is 1350. The molecule has 1 aliphatic rings. The minimum Gasteiger partial charge on any atom is -0.298 e. The Kier molecular flexibility index (Phi) is 6.52. The summed E-state index contributed by atoms with van der Waals surface area (Å²) in [5, 5.41) is -0.320. The van der Waals surface area contributed by atoms with Gasteiger partial charge >= 0.3 is 6.18 Å². The first-order valence-electron chi connectivity index (χ1n) is 11.0. The van der Waals surface area contributed by atoms with Crippen molar-refractivity contribution in [2.24, 2.45) is 0 Å². The van der Waals surface area contributed by atoms with Crippen LogP contribution in [0, 0.1) is 0 Å². The fourth-order valence-electron chi connectivity index (χ4n) is 3.66. The number of carbonyl (C=O) groups excluding carboxylic acids is 1. The lowest BCUT2D eigenvalue weighted by atomic mass is 9.81. The smallest absolute Gasteiger partial charge is 0.298 e. The second-order valence-corrected chi connectivity index (χ2v) is 11.5. The Morgan fingerprint density at radius 1 is 1.03 bits per heavy atom. The van der Waals surface area contributed by atoms with Crippen molar-refractivity contribution in [1.82, 2.24) is 15.0 Å². The average molecular weight is 504 g/mol. The standard InChI is InChI=1S/C25H24F3N3O3S/c1-24(2,21-9-10-30-23(31-21)15-35(33,34)20-7-8-20)22(32)11-16-3-5-17(6-4-16)18-12-19(14-29-13-18)25(26,27)28/h3-6,9-10,12-14,20H,7-8,11,15H2,1-2H3. The highest BCUT2D eigenvalue weighted by atomic mass is 32.2. The van der Waals surface area contributed by atoms with Crippen LogP contribution >= 0.6 is 0 Å². The predicted molar refractivity (Wildman–Crippen MR) is 124 cm³/mol. The maximum absolute atomic E-state index is 13.1. The Morgan fingerprint density at radius 2 is 1.71 bits per heavy atom. The summed E-state index contributed by atoms with van der Waals surface area (Å²) in [5.74, 6) is -0.211. The van der Waals surface area contributed by atoms with E-state index < -0.39 is 27.0 Å². The number of rotatable bonds is 8. The molecular weight excluding hydrogens is 479 g/mol. The van der Waals surface area contributed by atoms with Gasteiger partial charge in [0.2, 0.25) is 0 Å². The van der Waals surface area contributed by atoms with Gasteiger partial charge in [-0.25, -0.2) is 18.4 Å². The first kappa shape index (κ1) is 25.0. The number of pyridine rings is 1. The zero-order valence-electron chi connectivity index (χ0n) is 19.2. The van der Waals surface area contributed by atoms with Crippen molar-refractivity contribution in [3.05, 3.63) is 77.6 Å². The van der Waals surface area contributed by atoms with Crippen molar-refractivity contribution < 1.29 is 26.4 Å². The highest BCUT2D eigenvalue weighted by Crippen LogP contribution is 2.32. The number of carbonyl (C=O) groups is 1. The van der Waals surface area contributed by atoms with Crippen molar-refractivity contribution >= 4 is 15.6 Å². The van der Waals surface area contributed by atoms with E-state index in [9.17, 15) is 26.4 Å². The van der Waals surface area contributed by atoms with Gasteiger partial charge < -0.3 is 0 Å². The van der Waals surface area contributed by atoms with Gasteiger partial charge in [0.05, 0.1) is 21.9 Å². The average Bonchev–Trinajstić information content (AvgIpc) is 3.65. The summed E-state index contributed by atoms with van der Waals surface area (Å²) >= 11 is 0. The molecule has 1 saturated carbocycles. The molecule has 6 nitrogen and oxygen atoms in total. The number of benzene rings is 1. The van der Waals surface area contributed by atoms with E-state index in [1.54, 1.807) is 44.2 Å². The van der Waals surface area contributed by atoms with Crippen molar-refractivity contribution in [1.29, 1.82) is 0 Å². The van der Waals surface area contributed by atoms with Crippen LogP contribution in [0.3, 0.4) is 0 Å². The molecule has 0 radical (unpaired) electrons. The molecule has 1 aliphatic carbocycles.